The number of nitrogens with two attached hydrogens (primary N) is 7. The molecule has 0 unspecified atom stereocenters. The zero-order valence-corrected chi connectivity index (χ0v) is 71.0. The number of aromatic amines is 2. The average molecular weight is 1800 g/mol. The Kier molecular flexibility index (Phi) is 43.6. The number of aromatic hydroxyl groups is 1. The SMILES string of the molecule is CC(=O)N[C@@H](CS)C(=O)N[C@@H](CCC(N)=O)C(=O)N[C@H](C(=O)N[C@@H](Cc1c[nH]c2ccccc12)C(=O)N[C@@H](CCC(N)=O)C(=O)N[C@@H](CS)C(=O)N[C@@H](Cc1ccc(O)cc1)C(=O)N[C@@H](Cc1c[nH]c2ccccc12)C(=O)N[C@@H](CCCNC(=N)N)C(=O)N[C@@H](CN)C(=O)N[C@@H](CC(N)=O)C(=O)NCC(=O)NCCOCC(=O)N[C@H](CCCCN)C(N)=O)[C@@H](C)O. The van der Waals surface area contributed by atoms with Crippen LogP contribution in [-0.4, -0.2) is 269 Å². The first kappa shape index (κ1) is 103. The van der Waals surface area contributed by atoms with Crippen molar-refractivity contribution in [1.82, 2.24) is 89.7 Å². The highest BCUT2D eigenvalue weighted by atomic mass is 32.1. The minimum absolute atomic E-state index is 0.0254. The molecular formula is C78H113N25O21S2. The zero-order valence-electron chi connectivity index (χ0n) is 69.2. The highest BCUT2D eigenvalue weighted by Gasteiger charge is 2.39. The van der Waals surface area contributed by atoms with E-state index in [9.17, 15) is 86.9 Å². The first-order valence-electron chi connectivity index (χ1n) is 40.0. The number of rotatable bonds is 57. The van der Waals surface area contributed by atoms with E-state index in [1.807, 2.05) is 0 Å². The van der Waals surface area contributed by atoms with Gasteiger partial charge in [-0.1, -0.05) is 48.5 Å². The van der Waals surface area contributed by atoms with Gasteiger partial charge in [0.25, 0.3) is 0 Å². The molecule has 0 aliphatic heterocycles. The summed E-state index contributed by atoms with van der Waals surface area (Å²) in [7, 11) is 0. The molecule has 46 nitrogen and oxygen atoms in total. The van der Waals surface area contributed by atoms with Crippen molar-refractivity contribution in [3.8, 4) is 5.75 Å². The van der Waals surface area contributed by atoms with Crippen LogP contribution in [-0.2, 0) is 110 Å². The Morgan fingerprint density at radius 2 is 0.881 bits per heavy atom. The Morgan fingerprint density at radius 3 is 1.36 bits per heavy atom. The van der Waals surface area contributed by atoms with E-state index < -0.39 is 255 Å². The van der Waals surface area contributed by atoms with E-state index in [0.717, 1.165) is 13.8 Å². The van der Waals surface area contributed by atoms with Crippen LogP contribution in [0, 0.1) is 5.41 Å². The molecule has 2 heterocycles. The van der Waals surface area contributed by atoms with Crippen LogP contribution in [0.1, 0.15) is 94.7 Å². The monoisotopic (exact) mass is 1800 g/mol. The second-order valence-electron chi connectivity index (χ2n) is 29.2. The van der Waals surface area contributed by atoms with E-state index in [1.54, 1.807) is 54.7 Å². The standard InChI is InChI=1S/C78H113N25O21S2/c1-39(104)65(103-70(116)52(21-23-61(82)108)96-75(121)58(37-125)92-40(2)105)77(123)100-55(30-43-34-90-48-13-6-4-11-46(43)48)73(119)95-51(20-22-60(81)107)69(115)102-59(38-126)76(122)97-53(28-41-16-18-44(106)19-17-41)71(117)98-54(29-42-33-89-47-12-5-3-10-45(42)47)72(118)94-50(15-9-25-88-78(85)86)68(114)101-57(32-80)74(120)99-56(31-62(83)109)67(113)91-35-63(110)87-26-27-124-36-64(111)93-49(66(84)112)14-7-8-24-79/h3-6,10-13,16-19,33-34,39,49-59,65,89-90,104,106,125-126H,7-9,14-15,20-32,35-38,79-80H2,1-2H3,(H2,81,107)(H2,82,108)(H2,83,109)(H2,84,112)(H,87,110)(H,91,113)(H,92,105)(H,93,111)(H,94,118)(H,95,119)(H,96,121)(H,97,122)(H,98,117)(H,99,120)(H,100,123)(H,101,114)(H,102,115)(H,103,116)(H4,85,86,88)/t39-,49-,50+,51+,52+,53+,54+,55+,56+,57+,58+,59+,65+/m1/s1. The van der Waals surface area contributed by atoms with Crippen LogP contribution in [0.4, 0.5) is 0 Å². The summed E-state index contributed by atoms with van der Waals surface area (Å²) in [5.74, 6) is -19.4. The number of aliphatic hydroxyl groups is 1. The number of amides is 18. The molecule has 18 amide bonds. The predicted octanol–water partition coefficient (Wildman–Crippen LogP) is -9.05. The minimum atomic E-state index is -1.93. The number of phenolic OH excluding ortho intramolecular Hbond substituents is 1. The quantitative estimate of drug-likeness (QED) is 0.00744. The molecule has 0 bridgehead atoms. The lowest BCUT2D eigenvalue weighted by atomic mass is 10.0. The molecule has 0 spiro atoms. The molecule has 2 aromatic heterocycles. The number of aliphatic hydroxyl groups excluding tert-OH is 1. The van der Waals surface area contributed by atoms with Crippen LogP contribution in [0.2, 0.25) is 0 Å². The van der Waals surface area contributed by atoms with Gasteiger partial charge in [-0.15, -0.1) is 0 Å². The summed E-state index contributed by atoms with van der Waals surface area (Å²) in [5.41, 5.74) is 41.2. The first-order chi connectivity index (χ1) is 59.8. The Hall–Kier alpha value is -13.2. The van der Waals surface area contributed by atoms with Crippen LogP contribution in [0.5, 0.6) is 5.75 Å². The maximum atomic E-state index is 15.2. The summed E-state index contributed by atoms with van der Waals surface area (Å²) in [6, 6.07) is -0.690. The van der Waals surface area contributed by atoms with Crippen molar-refractivity contribution in [2.24, 2.45) is 40.1 Å². The molecule has 34 N–H and O–H groups in total. The normalized spacial score (nSPS) is 14.2. The lowest BCUT2D eigenvalue weighted by molar-refractivity contribution is -0.137. The van der Waals surface area contributed by atoms with Gasteiger partial charge in [-0.25, -0.2) is 0 Å². The average Bonchev–Trinajstić information content (AvgIpc) is 1.65. The third kappa shape index (κ3) is 35.6. The number of aromatic nitrogens is 2. The zero-order chi connectivity index (χ0) is 93.3. The molecule has 0 saturated heterocycles. The summed E-state index contributed by atoms with van der Waals surface area (Å²) in [4.78, 5) is 250. The van der Waals surface area contributed by atoms with Crippen LogP contribution in [0.25, 0.3) is 21.8 Å². The highest BCUT2D eigenvalue weighted by Crippen LogP contribution is 2.23. The van der Waals surface area contributed by atoms with Gasteiger partial charge in [-0.2, -0.15) is 25.3 Å². The lowest BCUT2D eigenvalue weighted by Crippen LogP contribution is -2.62. The number of fused-ring (bicyclic) bond motifs is 2. The number of phenols is 1. The summed E-state index contributed by atoms with van der Waals surface area (Å²) in [6.45, 7) is 0.254. The van der Waals surface area contributed by atoms with Crippen LogP contribution in [0.3, 0.4) is 0 Å². The molecule has 126 heavy (non-hydrogen) atoms. The van der Waals surface area contributed by atoms with E-state index in [0.29, 0.717) is 57.9 Å². The van der Waals surface area contributed by atoms with Gasteiger partial charge in [-0.05, 0) is 99.4 Å². The van der Waals surface area contributed by atoms with E-state index in [4.69, 9.17) is 50.3 Å². The number of thiol groups is 2. The van der Waals surface area contributed by atoms with Gasteiger partial charge in [0.2, 0.25) is 106 Å². The van der Waals surface area contributed by atoms with Crippen molar-refractivity contribution in [2.45, 2.75) is 176 Å². The molecule has 0 aliphatic rings. The number of carbonyl (C=O) groups excluding carboxylic acids is 18. The number of carbonyl (C=O) groups is 18. The number of nitrogens with one attached hydrogen (secondary N) is 18. The Bertz CT molecular complexity index is 4650. The molecule has 5 rings (SSSR count). The van der Waals surface area contributed by atoms with Crippen molar-refractivity contribution in [3.63, 3.8) is 0 Å². The number of H-pyrrole nitrogens is 2. The van der Waals surface area contributed by atoms with Gasteiger partial charge < -0.3 is 145 Å². The second kappa shape index (κ2) is 53.1. The topological polar surface area (TPSA) is 775 Å². The van der Waals surface area contributed by atoms with Crippen molar-refractivity contribution >= 4 is 159 Å². The van der Waals surface area contributed by atoms with Crippen LogP contribution in [0.15, 0.2) is 85.2 Å². The third-order valence-electron chi connectivity index (χ3n) is 19.2. The Labute approximate surface area is 733 Å². The summed E-state index contributed by atoms with van der Waals surface area (Å²) in [6.07, 6.45) is -1.68. The Morgan fingerprint density at radius 1 is 0.444 bits per heavy atom. The smallest absolute Gasteiger partial charge is 0.246 e. The number of guanidine groups is 1. The summed E-state index contributed by atoms with van der Waals surface area (Å²) >= 11 is 8.45. The van der Waals surface area contributed by atoms with Gasteiger partial charge >= 0.3 is 0 Å². The van der Waals surface area contributed by atoms with Gasteiger partial charge in [0.15, 0.2) is 5.96 Å². The molecular weight excluding hydrogens is 1690 g/mol. The van der Waals surface area contributed by atoms with Gasteiger partial charge in [0, 0.05) is 104 Å². The summed E-state index contributed by atoms with van der Waals surface area (Å²) < 4.78 is 5.26. The van der Waals surface area contributed by atoms with Gasteiger partial charge in [0.1, 0.15) is 84.9 Å². The maximum absolute atomic E-state index is 15.2. The first-order valence-corrected chi connectivity index (χ1v) is 41.2. The van der Waals surface area contributed by atoms with Crippen LogP contribution < -0.4 is 120 Å². The second-order valence-corrected chi connectivity index (χ2v) is 29.9. The lowest BCUT2D eigenvalue weighted by Gasteiger charge is -2.29. The van der Waals surface area contributed by atoms with Crippen LogP contribution >= 0.6 is 25.3 Å². The predicted molar refractivity (Wildman–Crippen MR) is 462 cm³/mol. The number of unbranched alkanes of at least 4 members (excludes halogenated alkanes) is 1. The number of benzene rings is 3. The molecule has 3 aromatic carbocycles. The van der Waals surface area contributed by atoms with E-state index in [1.165, 1.54) is 30.5 Å². The molecule has 48 heteroatoms. The van der Waals surface area contributed by atoms with Crippen molar-refractivity contribution in [1.29, 1.82) is 5.41 Å². The fraction of sp³-hybridized carbons (Fsp3) is 0.474. The van der Waals surface area contributed by atoms with Crippen molar-refractivity contribution < 1.29 is 101 Å². The third-order valence-corrected chi connectivity index (χ3v) is 20.0. The molecule has 0 saturated carbocycles. The molecule has 0 radical (unpaired) electrons. The largest absolute Gasteiger partial charge is 0.508 e. The number of ether oxygens (including phenoxy) is 1. The minimum Gasteiger partial charge on any atom is -0.508 e. The van der Waals surface area contributed by atoms with Crippen molar-refractivity contribution in [3.05, 3.63) is 102 Å². The highest BCUT2D eigenvalue weighted by molar-refractivity contribution is 7.80. The fourth-order valence-electron chi connectivity index (χ4n) is 12.6. The van der Waals surface area contributed by atoms with Crippen molar-refractivity contribution in [2.75, 3.05) is 57.4 Å². The summed E-state index contributed by atoms with van der Waals surface area (Å²) in [5, 5.41) is 67.0. The van der Waals surface area contributed by atoms with E-state index >= 15 is 9.59 Å². The Balaban J connectivity index is 1.41. The number of hydrogen-bond acceptors (Lipinski definition) is 26. The molecule has 13 atom stereocenters. The molecule has 0 aliphatic carbocycles. The number of hydrogen-bond donors (Lipinski definition) is 29. The molecule has 5 aromatic rings. The fourth-order valence-corrected chi connectivity index (χ4v) is 13.1. The van der Waals surface area contributed by atoms with Gasteiger partial charge in [-0.3, -0.25) is 91.7 Å². The van der Waals surface area contributed by atoms with E-state index in [-0.39, 0.29) is 63.3 Å². The molecule has 0 fully saturated rings. The number of primary amides is 4. The van der Waals surface area contributed by atoms with E-state index in [2.05, 4.69) is 115 Å². The number of para-hydroxylation sites is 2. The maximum Gasteiger partial charge on any atom is 0.246 e. The molecule has 688 valence electrons. The van der Waals surface area contributed by atoms with Gasteiger partial charge in [0.05, 0.1) is 25.7 Å².